The van der Waals surface area contributed by atoms with Crippen LogP contribution in [0.25, 0.3) is 0 Å². The maximum absolute atomic E-state index is 12.7. The molecular weight excluding hydrogens is 422 g/mol. The lowest BCUT2D eigenvalue weighted by molar-refractivity contribution is -0.151. The standard InChI is InChI=1S/C21H29N3O6S/c1-3-30-21(27)17-9-12-23(13-10-17)19(25)15-22(2)20(26)16-5-7-18(8-6-16)24-11-4-14-31(24,28)29/h5-8,17H,3-4,9-15H2,1-2H3. The Labute approximate surface area is 183 Å². The fraction of sp³-hybridized carbons (Fsp3) is 0.571. The molecule has 9 nitrogen and oxygen atoms in total. The van der Waals surface area contributed by atoms with Crippen LogP contribution in [0, 0.1) is 5.92 Å². The zero-order chi connectivity index (χ0) is 22.6. The van der Waals surface area contributed by atoms with Gasteiger partial charge in [0, 0.05) is 32.2 Å². The van der Waals surface area contributed by atoms with E-state index >= 15 is 0 Å². The molecule has 0 bridgehead atoms. The van der Waals surface area contributed by atoms with Gasteiger partial charge in [0.05, 0.1) is 30.5 Å². The largest absolute Gasteiger partial charge is 0.466 e. The van der Waals surface area contributed by atoms with Crippen molar-refractivity contribution in [2.75, 3.05) is 49.9 Å². The Balaban J connectivity index is 1.53. The molecule has 0 atom stereocenters. The Kier molecular flexibility index (Phi) is 7.19. The van der Waals surface area contributed by atoms with Gasteiger partial charge in [-0.1, -0.05) is 0 Å². The molecule has 3 rings (SSSR count). The third kappa shape index (κ3) is 5.36. The van der Waals surface area contributed by atoms with Crippen molar-refractivity contribution in [3.05, 3.63) is 29.8 Å². The number of esters is 1. The van der Waals surface area contributed by atoms with Crippen molar-refractivity contribution in [1.82, 2.24) is 9.80 Å². The molecule has 2 fully saturated rings. The molecule has 2 aliphatic heterocycles. The molecule has 0 radical (unpaired) electrons. The van der Waals surface area contributed by atoms with Gasteiger partial charge in [-0.05, 0) is 50.5 Å². The molecule has 0 N–H and O–H groups in total. The number of likely N-dealkylation sites (tertiary alicyclic amines) is 1. The molecule has 1 aromatic rings. The molecular formula is C21H29N3O6S. The van der Waals surface area contributed by atoms with E-state index < -0.39 is 10.0 Å². The summed E-state index contributed by atoms with van der Waals surface area (Å²) in [5.41, 5.74) is 0.925. The van der Waals surface area contributed by atoms with E-state index in [0.717, 1.165) is 0 Å². The first kappa shape index (κ1) is 23.1. The zero-order valence-electron chi connectivity index (χ0n) is 18.0. The van der Waals surface area contributed by atoms with E-state index in [-0.39, 0.29) is 36.0 Å². The van der Waals surface area contributed by atoms with Crippen LogP contribution in [0.2, 0.25) is 0 Å². The second-order valence-corrected chi connectivity index (χ2v) is 9.87. The second kappa shape index (κ2) is 9.67. The number of likely N-dealkylation sites (N-methyl/N-ethyl adjacent to an activating group) is 1. The van der Waals surface area contributed by atoms with Gasteiger partial charge in [0.25, 0.3) is 5.91 Å². The highest BCUT2D eigenvalue weighted by Gasteiger charge is 2.30. The lowest BCUT2D eigenvalue weighted by Crippen LogP contribution is -2.45. The van der Waals surface area contributed by atoms with Crippen molar-refractivity contribution in [2.45, 2.75) is 26.2 Å². The monoisotopic (exact) mass is 451 g/mol. The van der Waals surface area contributed by atoms with Crippen LogP contribution in [-0.4, -0.2) is 81.6 Å². The van der Waals surface area contributed by atoms with E-state index in [1.807, 2.05) is 0 Å². The van der Waals surface area contributed by atoms with Crippen LogP contribution in [0.3, 0.4) is 0 Å². The predicted octanol–water partition coefficient (Wildman–Crippen LogP) is 1.10. The minimum Gasteiger partial charge on any atom is -0.466 e. The van der Waals surface area contributed by atoms with Gasteiger partial charge in [0.2, 0.25) is 15.9 Å². The summed E-state index contributed by atoms with van der Waals surface area (Å²) in [6, 6.07) is 6.40. The number of amides is 2. The molecule has 0 aromatic heterocycles. The molecule has 0 spiro atoms. The molecule has 2 amide bonds. The molecule has 2 aliphatic rings. The van der Waals surface area contributed by atoms with Crippen molar-refractivity contribution < 1.29 is 27.5 Å². The number of benzene rings is 1. The van der Waals surface area contributed by atoms with Crippen LogP contribution in [-0.2, 0) is 24.3 Å². The number of anilines is 1. The third-order valence-corrected chi connectivity index (χ3v) is 7.56. The summed E-state index contributed by atoms with van der Waals surface area (Å²) >= 11 is 0. The minimum absolute atomic E-state index is 0.0643. The van der Waals surface area contributed by atoms with E-state index in [2.05, 4.69) is 0 Å². The summed E-state index contributed by atoms with van der Waals surface area (Å²) in [5.74, 6) is -0.743. The van der Waals surface area contributed by atoms with Crippen LogP contribution >= 0.6 is 0 Å². The highest BCUT2D eigenvalue weighted by atomic mass is 32.2. The summed E-state index contributed by atoms with van der Waals surface area (Å²) < 4.78 is 30.5. The zero-order valence-corrected chi connectivity index (χ0v) is 18.8. The Hall–Kier alpha value is -2.62. The lowest BCUT2D eigenvalue weighted by atomic mass is 9.97. The van der Waals surface area contributed by atoms with Crippen LogP contribution < -0.4 is 4.31 Å². The van der Waals surface area contributed by atoms with Gasteiger partial charge in [-0.15, -0.1) is 0 Å². The van der Waals surface area contributed by atoms with Crippen molar-refractivity contribution in [2.24, 2.45) is 5.92 Å². The number of carbonyl (C=O) groups is 3. The Morgan fingerprint density at radius 2 is 1.74 bits per heavy atom. The average Bonchev–Trinajstić information content (AvgIpc) is 3.12. The van der Waals surface area contributed by atoms with E-state index in [0.29, 0.717) is 56.8 Å². The molecule has 0 aliphatic carbocycles. The Morgan fingerprint density at radius 3 is 2.29 bits per heavy atom. The number of carbonyl (C=O) groups excluding carboxylic acids is 3. The minimum atomic E-state index is -3.27. The number of hydrogen-bond acceptors (Lipinski definition) is 6. The van der Waals surface area contributed by atoms with Gasteiger partial charge < -0.3 is 14.5 Å². The van der Waals surface area contributed by atoms with Crippen molar-refractivity contribution in [1.29, 1.82) is 0 Å². The first-order chi connectivity index (χ1) is 14.7. The third-order valence-electron chi connectivity index (χ3n) is 5.69. The Bertz CT molecular complexity index is 923. The van der Waals surface area contributed by atoms with Crippen molar-refractivity contribution in [3.8, 4) is 0 Å². The fourth-order valence-electron chi connectivity index (χ4n) is 3.92. The summed E-state index contributed by atoms with van der Waals surface area (Å²) in [7, 11) is -1.71. The summed E-state index contributed by atoms with van der Waals surface area (Å²) in [6.45, 7) is 3.42. The van der Waals surface area contributed by atoms with Crippen LogP contribution in [0.5, 0.6) is 0 Å². The number of piperidine rings is 1. The van der Waals surface area contributed by atoms with Gasteiger partial charge >= 0.3 is 5.97 Å². The quantitative estimate of drug-likeness (QED) is 0.600. The highest BCUT2D eigenvalue weighted by molar-refractivity contribution is 7.93. The maximum Gasteiger partial charge on any atom is 0.309 e. The fourth-order valence-corrected chi connectivity index (χ4v) is 5.48. The molecule has 2 saturated heterocycles. The lowest BCUT2D eigenvalue weighted by Gasteiger charge is -2.32. The van der Waals surface area contributed by atoms with Crippen molar-refractivity contribution >= 4 is 33.5 Å². The van der Waals surface area contributed by atoms with Crippen LogP contribution in [0.15, 0.2) is 24.3 Å². The van der Waals surface area contributed by atoms with E-state index in [1.165, 1.54) is 9.21 Å². The van der Waals surface area contributed by atoms with Crippen LogP contribution in [0.4, 0.5) is 5.69 Å². The molecule has 1 aromatic carbocycles. The number of hydrogen-bond donors (Lipinski definition) is 0. The van der Waals surface area contributed by atoms with Gasteiger partial charge in [0.15, 0.2) is 0 Å². The Morgan fingerprint density at radius 1 is 1.10 bits per heavy atom. The number of sulfonamides is 1. The maximum atomic E-state index is 12.7. The van der Waals surface area contributed by atoms with Gasteiger partial charge in [-0.3, -0.25) is 18.7 Å². The second-order valence-electron chi connectivity index (χ2n) is 7.86. The smallest absolute Gasteiger partial charge is 0.309 e. The SMILES string of the molecule is CCOC(=O)C1CCN(C(=O)CN(C)C(=O)c2ccc(N3CCCS3(=O)=O)cc2)CC1. The number of nitrogens with zero attached hydrogens (tertiary/aromatic N) is 3. The average molecular weight is 452 g/mol. The summed E-state index contributed by atoms with van der Waals surface area (Å²) in [5, 5.41) is 0. The van der Waals surface area contributed by atoms with E-state index in [1.54, 1.807) is 43.1 Å². The normalized spacial score (nSPS) is 18.6. The van der Waals surface area contributed by atoms with Crippen molar-refractivity contribution in [3.63, 3.8) is 0 Å². The first-order valence-corrected chi connectivity index (χ1v) is 12.1. The van der Waals surface area contributed by atoms with Gasteiger partial charge in [-0.2, -0.15) is 0 Å². The van der Waals surface area contributed by atoms with E-state index in [4.69, 9.17) is 4.74 Å². The van der Waals surface area contributed by atoms with Gasteiger partial charge in [0.1, 0.15) is 0 Å². The van der Waals surface area contributed by atoms with Crippen LogP contribution in [0.1, 0.15) is 36.5 Å². The molecule has 31 heavy (non-hydrogen) atoms. The topological polar surface area (TPSA) is 104 Å². The first-order valence-electron chi connectivity index (χ1n) is 10.5. The molecule has 0 unspecified atom stereocenters. The molecule has 0 saturated carbocycles. The molecule has 10 heteroatoms. The summed E-state index contributed by atoms with van der Waals surface area (Å²) in [4.78, 5) is 40.1. The van der Waals surface area contributed by atoms with E-state index in [9.17, 15) is 22.8 Å². The molecule has 170 valence electrons. The number of rotatable bonds is 6. The predicted molar refractivity (Wildman–Crippen MR) is 115 cm³/mol. The summed E-state index contributed by atoms with van der Waals surface area (Å²) in [6.07, 6.45) is 1.71. The number of ether oxygens (including phenoxy) is 1. The highest BCUT2D eigenvalue weighted by Crippen LogP contribution is 2.24. The van der Waals surface area contributed by atoms with Gasteiger partial charge in [-0.25, -0.2) is 8.42 Å². The molecule has 2 heterocycles.